The van der Waals surface area contributed by atoms with Gasteiger partial charge in [-0.1, -0.05) is 13.8 Å². The highest BCUT2D eigenvalue weighted by atomic mass is 32.2. The third-order valence-electron chi connectivity index (χ3n) is 3.13. The smallest absolute Gasteiger partial charge is 0.243 e. The van der Waals surface area contributed by atoms with Crippen LogP contribution in [0.25, 0.3) is 0 Å². The molecule has 0 aromatic heterocycles. The van der Waals surface area contributed by atoms with Crippen molar-refractivity contribution < 1.29 is 22.3 Å². The van der Waals surface area contributed by atoms with E-state index in [0.29, 0.717) is 32.1 Å². The van der Waals surface area contributed by atoms with Crippen LogP contribution in [0.3, 0.4) is 0 Å². The van der Waals surface area contributed by atoms with Gasteiger partial charge in [0.2, 0.25) is 15.9 Å². The van der Waals surface area contributed by atoms with Crippen LogP contribution in [0.1, 0.15) is 20.3 Å². The number of carbonyl (C=O) groups excluding carboxylic acids is 1. The SMILES string of the molecule is CC(C)COCCCNC(=O)CN(C)S(=O)(=O)c1ccc(F)cc1. The topological polar surface area (TPSA) is 75.7 Å². The molecule has 1 amide bonds. The summed E-state index contributed by atoms with van der Waals surface area (Å²) in [7, 11) is -2.51. The summed E-state index contributed by atoms with van der Waals surface area (Å²) in [6.07, 6.45) is 0.660. The van der Waals surface area contributed by atoms with Crippen LogP contribution in [0.4, 0.5) is 4.39 Å². The molecule has 0 bridgehead atoms. The van der Waals surface area contributed by atoms with Gasteiger partial charge in [0.15, 0.2) is 0 Å². The summed E-state index contributed by atoms with van der Waals surface area (Å²) in [5.41, 5.74) is 0. The van der Waals surface area contributed by atoms with Gasteiger partial charge in [-0.05, 0) is 36.6 Å². The van der Waals surface area contributed by atoms with Gasteiger partial charge in [-0.2, -0.15) is 4.31 Å². The van der Waals surface area contributed by atoms with Crippen molar-refractivity contribution in [1.29, 1.82) is 0 Å². The van der Waals surface area contributed by atoms with Crippen LogP contribution in [0.15, 0.2) is 29.2 Å². The summed E-state index contributed by atoms with van der Waals surface area (Å²) in [5.74, 6) is -0.453. The lowest BCUT2D eigenvalue weighted by Crippen LogP contribution is -2.38. The maximum Gasteiger partial charge on any atom is 0.243 e. The molecule has 0 saturated heterocycles. The molecule has 1 aromatic rings. The van der Waals surface area contributed by atoms with Crippen molar-refractivity contribution in [2.24, 2.45) is 5.92 Å². The van der Waals surface area contributed by atoms with Gasteiger partial charge in [0.05, 0.1) is 11.4 Å². The van der Waals surface area contributed by atoms with E-state index in [2.05, 4.69) is 19.2 Å². The lowest BCUT2D eigenvalue weighted by atomic mass is 10.2. The van der Waals surface area contributed by atoms with Gasteiger partial charge in [-0.15, -0.1) is 0 Å². The molecule has 1 N–H and O–H groups in total. The minimum absolute atomic E-state index is 0.0544. The first kappa shape index (κ1) is 20.5. The number of hydrogen-bond acceptors (Lipinski definition) is 4. The maximum absolute atomic E-state index is 12.9. The first-order chi connectivity index (χ1) is 11.2. The number of nitrogens with zero attached hydrogens (tertiary/aromatic N) is 1. The van der Waals surface area contributed by atoms with Gasteiger partial charge in [0.25, 0.3) is 0 Å². The molecule has 24 heavy (non-hydrogen) atoms. The van der Waals surface area contributed by atoms with Gasteiger partial charge in [-0.3, -0.25) is 4.79 Å². The Kier molecular flexibility index (Phi) is 8.30. The van der Waals surface area contributed by atoms with E-state index < -0.39 is 21.7 Å². The molecule has 0 fully saturated rings. The van der Waals surface area contributed by atoms with Crippen molar-refractivity contribution in [3.63, 3.8) is 0 Å². The van der Waals surface area contributed by atoms with Crippen molar-refractivity contribution in [2.45, 2.75) is 25.2 Å². The Morgan fingerprint density at radius 1 is 1.29 bits per heavy atom. The lowest BCUT2D eigenvalue weighted by molar-refractivity contribution is -0.121. The molecule has 1 rings (SSSR count). The number of amides is 1. The Morgan fingerprint density at radius 3 is 2.50 bits per heavy atom. The Hall–Kier alpha value is -1.51. The number of likely N-dealkylation sites (N-methyl/N-ethyl adjacent to an activating group) is 1. The highest BCUT2D eigenvalue weighted by molar-refractivity contribution is 7.89. The van der Waals surface area contributed by atoms with E-state index in [1.54, 1.807) is 0 Å². The lowest BCUT2D eigenvalue weighted by Gasteiger charge is -2.17. The van der Waals surface area contributed by atoms with Gasteiger partial charge < -0.3 is 10.1 Å². The highest BCUT2D eigenvalue weighted by Gasteiger charge is 2.22. The average Bonchev–Trinajstić information content (AvgIpc) is 2.50. The van der Waals surface area contributed by atoms with Crippen LogP contribution in [-0.4, -0.2) is 52.0 Å². The Morgan fingerprint density at radius 2 is 1.92 bits per heavy atom. The van der Waals surface area contributed by atoms with Crippen molar-refractivity contribution in [3.05, 3.63) is 30.1 Å². The van der Waals surface area contributed by atoms with E-state index in [1.807, 2.05) is 0 Å². The second-order valence-electron chi connectivity index (χ2n) is 5.89. The monoisotopic (exact) mass is 360 g/mol. The normalized spacial score (nSPS) is 11.9. The van der Waals surface area contributed by atoms with Crippen molar-refractivity contribution in [3.8, 4) is 0 Å². The second kappa shape index (κ2) is 9.71. The van der Waals surface area contributed by atoms with Gasteiger partial charge in [0, 0.05) is 26.8 Å². The van der Waals surface area contributed by atoms with E-state index in [0.717, 1.165) is 16.4 Å². The minimum atomic E-state index is -3.82. The zero-order chi connectivity index (χ0) is 18.2. The number of sulfonamides is 1. The maximum atomic E-state index is 12.9. The second-order valence-corrected chi connectivity index (χ2v) is 7.93. The molecule has 0 atom stereocenters. The van der Waals surface area contributed by atoms with Crippen LogP contribution >= 0.6 is 0 Å². The standard InChI is InChI=1S/C16H25FN2O4S/c1-13(2)12-23-10-4-9-18-16(20)11-19(3)24(21,22)15-7-5-14(17)6-8-15/h5-8,13H,4,9-12H2,1-3H3,(H,18,20). The summed E-state index contributed by atoms with van der Waals surface area (Å²) in [6.45, 7) is 5.45. The zero-order valence-corrected chi connectivity index (χ0v) is 15.1. The average molecular weight is 360 g/mol. The molecule has 0 saturated carbocycles. The molecule has 0 unspecified atom stereocenters. The van der Waals surface area contributed by atoms with Crippen LogP contribution in [0, 0.1) is 11.7 Å². The Labute approximate surface area is 143 Å². The molecular formula is C16H25FN2O4S. The fourth-order valence-electron chi connectivity index (χ4n) is 1.85. The molecule has 0 spiro atoms. The molecule has 8 heteroatoms. The number of benzene rings is 1. The number of carbonyl (C=O) groups is 1. The number of halogens is 1. The molecule has 0 heterocycles. The third kappa shape index (κ3) is 6.94. The van der Waals surface area contributed by atoms with Crippen LogP contribution in [0.2, 0.25) is 0 Å². The molecule has 0 aliphatic carbocycles. The quantitative estimate of drug-likeness (QED) is 0.644. The molecule has 0 aliphatic heterocycles. The molecule has 0 aliphatic rings. The van der Waals surface area contributed by atoms with Gasteiger partial charge in [-0.25, -0.2) is 12.8 Å². The largest absolute Gasteiger partial charge is 0.381 e. The summed E-state index contributed by atoms with van der Waals surface area (Å²) >= 11 is 0. The zero-order valence-electron chi connectivity index (χ0n) is 14.3. The Balaban J connectivity index is 2.39. The highest BCUT2D eigenvalue weighted by Crippen LogP contribution is 2.14. The number of rotatable bonds is 10. The van der Waals surface area contributed by atoms with Gasteiger partial charge >= 0.3 is 0 Å². The van der Waals surface area contributed by atoms with E-state index in [1.165, 1.54) is 19.2 Å². The number of ether oxygens (including phenoxy) is 1. The Bertz CT molecular complexity index is 617. The third-order valence-corrected chi connectivity index (χ3v) is 4.94. The minimum Gasteiger partial charge on any atom is -0.381 e. The number of nitrogens with one attached hydrogen (secondary N) is 1. The van der Waals surface area contributed by atoms with E-state index in [4.69, 9.17) is 4.74 Å². The summed E-state index contributed by atoms with van der Waals surface area (Å²) in [4.78, 5) is 11.8. The fraction of sp³-hybridized carbons (Fsp3) is 0.562. The van der Waals surface area contributed by atoms with Crippen molar-refractivity contribution >= 4 is 15.9 Å². The first-order valence-corrected chi connectivity index (χ1v) is 9.24. The number of hydrogen-bond donors (Lipinski definition) is 1. The summed E-state index contributed by atoms with van der Waals surface area (Å²) in [6, 6.07) is 4.48. The molecule has 1 aromatic carbocycles. The summed E-state index contributed by atoms with van der Waals surface area (Å²) < 4.78 is 43.7. The van der Waals surface area contributed by atoms with Crippen LogP contribution < -0.4 is 5.32 Å². The fourth-order valence-corrected chi connectivity index (χ4v) is 2.98. The van der Waals surface area contributed by atoms with Crippen LogP contribution in [0.5, 0.6) is 0 Å². The first-order valence-electron chi connectivity index (χ1n) is 7.80. The molecule has 136 valence electrons. The van der Waals surface area contributed by atoms with Crippen LogP contribution in [-0.2, 0) is 19.6 Å². The van der Waals surface area contributed by atoms with Crippen molar-refractivity contribution in [2.75, 3.05) is 33.4 Å². The molecular weight excluding hydrogens is 335 g/mol. The van der Waals surface area contributed by atoms with E-state index in [9.17, 15) is 17.6 Å². The van der Waals surface area contributed by atoms with Crippen molar-refractivity contribution in [1.82, 2.24) is 9.62 Å². The van der Waals surface area contributed by atoms with E-state index in [-0.39, 0.29) is 11.4 Å². The van der Waals surface area contributed by atoms with E-state index >= 15 is 0 Å². The van der Waals surface area contributed by atoms with Gasteiger partial charge in [0.1, 0.15) is 5.82 Å². The molecule has 6 nitrogen and oxygen atoms in total. The molecule has 0 radical (unpaired) electrons. The predicted octanol–water partition coefficient (Wildman–Crippen LogP) is 1.63. The summed E-state index contributed by atoms with van der Waals surface area (Å²) in [5, 5.41) is 2.65. The predicted molar refractivity (Wildman–Crippen MR) is 89.5 cm³/mol.